The summed E-state index contributed by atoms with van der Waals surface area (Å²) in [5.74, 6) is -0.176. The van der Waals surface area contributed by atoms with Crippen LogP contribution in [-0.4, -0.2) is 11.1 Å². The Bertz CT molecular complexity index is 489. The van der Waals surface area contributed by atoms with Crippen molar-refractivity contribution in [2.24, 2.45) is 0 Å². The molecule has 0 atom stereocenters. The molecule has 0 bridgehead atoms. The minimum Gasteiger partial charge on any atom is -0.489 e. The van der Waals surface area contributed by atoms with E-state index in [1.807, 2.05) is 12.1 Å². The quantitative estimate of drug-likeness (QED) is 0.873. The highest BCUT2D eigenvalue weighted by Crippen LogP contribution is 2.12. The van der Waals surface area contributed by atoms with E-state index in [4.69, 9.17) is 9.84 Å². The topological polar surface area (TPSA) is 46.5 Å². The fourth-order valence-electron chi connectivity index (χ4n) is 1.38. The molecular weight excluding hydrogens is 216 g/mol. The molecule has 1 N–H and O–H groups in total. The number of carbonyl (C=O) groups is 1. The van der Waals surface area contributed by atoms with Crippen molar-refractivity contribution in [1.29, 1.82) is 0 Å². The standard InChI is InChI=1S/C14H11O3/c15-14(16)12-8-6-11(7-9-12)10-17-13-4-2-1-3-5-13/h1-2,4-9H,10H2,(H,15,16). The second-order valence-corrected chi connectivity index (χ2v) is 3.53. The van der Waals surface area contributed by atoms with Gasteiger partial charge in [-0.05, 0) is 35.9 Å². The van der Waals surface area contributed by atoms with Gasteiger partial charge in [0.25, 0.3) is 0 Å². The number of carboxylic acids is 1. The van der Waals surface area contributed by atoms with Gasteiger partial charge in [0.05, 0.1) is 5.56 Å². The van der Waals surface area contributed by atoms with Crippen molar-refractivity contribution in [2.45, 2.75) is 6.61 Å². The third-order valence-corrected chi connectivity index (χ3v) is 2.28. The highest BCUT2D eigenvalue weighted by atomic mass is 16.5. The minimum absolute atomic E-state index is 0.279. The zero-order valence-corrected chi connectivity index (χ0v) is 9.09. The lowest BCUT2D eigenvalue weighted by Crippen LogP contribution is -1.98. The Hall–Kier alpha value is -2.29. The Kier molecular flexibility index (Phi) is 3.40. The molecule has 0 heterocycles. The van der Waals surface area contributed by atoms with Gasteiger partial charge in [0.15, 0.2) is 0 Å². The average molecular weight is 227 g/mol. The summed E-state index contributed by atoms with van der Waals surface area (Å²) in [6.07, 6.45) is 0. The maximum atomic E-state index is 10.7. The van der Waals surface area contributed by atoms with Crippen molar-refractivity contribution < 1.29 is 14.6 Å². The maximum Gasteiger partial charge on any atom is 0.335 e. The third kappa shape index (κ3) is 3.08. The van der Waals surface area contributed by atoms with Gasteiger partial charge in [0.1, 0.15) is 12.4 Å². The summed E-state index contributed by atoms with van der Waals surface area (Å²) in [7, 11) is 0. The molecule has 0 aliphatic heterocycles. The van der Waals surface area contributed by atoms with Crippen LogP contribution in [0.15, 0.2) is 48.5 Å². The molecule has 17 heavy (non-hydrogen) atoms. The van der Waals surface area contributed by atoms with Crippen molar-refractivity contribution in [3.8, 4) is 5.75 Å². The van der Waals surface area contributed by atoms with Crippen LogP contribution >= 0.6 is 0 Å². The van der Waals surface area contributed by atoms with Crippen LogP contribution in [-0.2, 0) is 6.61 Å². The molecule has 0 saturated heterocycles. The van der Waals surface area contributed by atoms with Crippen LogP contribution in [0, 0.1) is 6.07 Å². The molecule has 0 unspecified atom stereocenters. The fraction of sp³-hybridized carbons (Fsp3) is 0.0714. The van der Waals surface area contributed by atoms with E-state index >= 15 is 0 Å². The van der Waals surface area contributed by atoms with Gasteiger partial charge < -0.3 is 9.84 Å². The second-order valence-electron chi connectivity index (χ2n) is 3.53. The summed E-state index contributed by atoms with van der Waals surface area (Å²) >= 11 is 0. The molecule has 85 valence electrons. The van der Waals surface area contributed by atoms with E-state index in [9.17, 15) is 4.79 Å². The normalized spacial score (nSPS) is 9.88. The van der Waals surface area contributed by atoms with Crippen LogP contribution in [0.25, 0.3) is 0 Å². The summed E-state index contributed by atoms with van der Waals surface area (Å²) in [6, 6.07) is 16.8. The molecule has 2 aromatic rings. The summed E-state index contributed by atoms with van der Waals surface area (Å²) in [5, 5.41) is 8.75. The largest absolute Gasteiger partial charge is 0.489 e. The summed E-state index contributed by atoms with van der Waals surface area (Å²) in [6.45, 7) is 0.414. The highest BCUT2D eigenvalue weighted by molar-refractivity contribution is 5.87. The Labute approximate surface area is 99.3 Å². The number of hydrogen-bond donors (Lipinski definition) is 1. The molecule has 0 aliphatic rings. The van der Waals surface area contributed by atoms with Gasteiger partial charge in [-0.25, -0.2) is 4.79 Å². The smallest absolute Gasteiger partial charge is 0.335 e. The predicted molar refractivity (Wildman–Crippen MR) is 63.0 cm³/mol. The first-order valence-corrected chi connectivity index (χ1v) is 5.17. The van der Waals surface area contributed by atoms with Crippen LogP contribution in [0.1, 0.15) is 15.9 Å². The number of benzene rings is 2. The Morgan fingerprint density at radius 3 is 2.59 bits per heavy atom. The van der Waals surface area contributed by atoms with Gasteiger partial charge in [0.2, 0.25) is 0 Å². The Balaban J connectivity index is 1.98. The number of aromatic carboxylic acids is 1. The van der Waals surface area contributed by atoms with Gasteiger partial charge in [-0.2, -0.15) is 0 Å². The van der Waals surface area contributed by atoms with E-state index < -0.39 is 5.97 Å². The van der Waals surface area contributed by atoms with Gasteiger partial charge in [-0.3, -0.25) is 0 Å². The van der Waals surface area contributed by atoms with Gasteiger partial charge in [0, 0.05) is 0 Å². The summed E-state index contributed by atoms with van der Waals surface area (Å²) in [5.41, 5.74) is 1.21. The van der Waals surface area contributed by atoms with E-state index in [0.717, 1.165) is 11.3 Å². The first-order chi connectivity index (χ1) is 8.25. The molecule has 2 rings (SSSR count). The molecule has 0 amide bonds. The lowest BCUT2D eigenvalue weighted by molar-refractivity contribution is 0.0697. The van der Waals surface area contributed by atoms with Gasteiger partial charge in [-0.1, -0.05) is 24.3 Å². The number of carboxylic acid groups (broad SMARTS) is 1. The number of rotatable bonds is 4. The molecule has 0 aliphatic carbocycles. The van der Waals surface area contributed by atoms with E-state index in [2.05, 4.69) is 6.07 Å². The maximum absolute atomic E-state index is 10.7. The van der Waals surface area contributed by atoms with Crippen molar-refractivity contribution in [1.82, 2.24) is 0 Å². The lowest BCUT2D eigenvalue weighted by Gasteiger charge is -2.05. The predicted octanol–water partition coefficient (Wildman–Crippen LogP) is 2.76. The van der Waals surface area contributed by atoms with Crippen molar-refractivity contribution in [3.63, 3.8) is 0 Å². The Morgan fingerprint density at radius 1 is 1.24 bits per heavy atom. The molecule has 2 aromatic carbocycles. The molecular formula is C14H11O3. The van der Waals surface area contributed by atoms with Gasteiger partial charge in [-0.15, -0.1) is 0 Å². The van der Waals surface area contributed by atoms with Crippen LogP contribution in [0.3, 0.4) is 0 Å². The molecule has 0 spiro atoms. The highest BCUT2D eigenvalue weighted by Gasteiger charge is 2.01. The molecule has 3 nitrogen and oxygen atoms in total. The van der Waals surface area contributed by atoms with Crippen LogP contribution < -0.4 is 4.74 Å². The zero-order valence-electron chi connectivity index (χ0n) is 9.09. The first-order valence-electron chi connectivity index (χ1n) is 5.17. The number of ether oxygens (including phenoxy) is 1. The average Bonchev–Trinajstić information content (AvgIpc) is 2.38. The van der Waals surface area contributed by atoms with E-state index in [1.54, 1.807) is 36.4 Å². The molecule has 0 aromatic heterocycles. The van der Waals surface area contributed by atoms with E-state index in [0.29, 0.717) is 6.61 Å². The third-order valence-electron chi connectivity index (χ3n) is 2.28. The van der Waals surface area contributed by atoms with Crippen LogP contribution in [0.2, 0.25) is 0 Å². The van der Waals surface area contributed by atoms with Crippen molar-refractivity contribution in [2.75, 3.05) is 0 Å². The molecule has 0 saturated carbocycles. The monoisotopic (exact) mass is 227 g/mol. The second kappa shape index (κ2) is 5.16. The van der Waals surface area contributed by atoms with Crippen molar-refractivity contribution >= 4 is 5.97 Å². The zero-order chi connectivity index (χ0) is 12.1. The molecule has 0 fully saturated rings. The first kappa shape index (κ1) is 11.2. The number of hydrogen-bond acceptors (Lipinski definition) is 2. The fourth-order valence-corrected chi connectivity index (χ4v) is 1.38. The Morgan fingerprint density at radius 2 is 2.00 bits per heavy atom. The molecule has 3 heteroatoms. The van der Waals surface area contributed by atoms with Crippen molar-refractivity contribution in [3.05, 3.63) is 65.7 Å². The summed E-state index contributed by atoms with van der Waals surface area (Å²) < 4.78 is 5.51. The summed E-state index contributed by atoms with van der Waals surface area (Å²) in [4.78, 5) is 10.7. The molecule has 1 radical (unpaired) electrons. The lowest BCUT2D eigenvalue weighted by atomic mass is 10.1. The minimum atomic E-state index is -0.921. The van der Waals surface area contributed by atoms with E-state index in [-0.39, 0.29) is 5.56 Å². The SMILES string of the molecule is O=C(O)c1ccc(COc2c[c]ccc2)cc1. The van der Waals surface area contributed by atoms with E-state index in [1.165, 1.54) is 0 Å². The van der Waals surface area contributed by atoms with Gasteiger partial charge >= 0.3 is 5.97 Å². The van der Waals surface area contributed by atoms with Crippen LogP contribution in [0.4, 0.5) is 0 Å². The van der Waals surface area contributed by atoms with Crippen LogP contribution in [0.5, 0.6) is 5.75 Å².